The van der Waals surface area contributed by atoms with Gasteiger partial charge in [0.1, 0.15) is 11.5 Å². The normalized spacial score (nSPS) is 10.1. The van der Waals surface area contributed by atoms with Gasteiger partial charge in [-0.25, -0.2) is 4.79 Å². The minimum absolute atomic E-state index is 0.0710. The van der Waals surface area contributed by atoms with E-state index in [1.807, 2.05) is 12.1 Å². The Morgan fingerprint density at radius 1 is 1.17 bits per heavy atom. The molecule has 0 saturated heterocycles. The number of hydrogen-bond acceptors (Lipinski definition) is 3. The standard InChI is InChI=1S/C15H14O3/c1-2-11-6-8-12(9-7-11)15(17)18-14-5-3-4-13(16)10-14/h3-10,16H,2H2,1H3. The molecule has 0 heterocycles. The van der Waals surface area contributed by atoms with Crippen molar-refractivity contribution >= 4 is 5.97 Å². The van der Waals surface area contributed by atoms with Crippen molar-refractivity contribution in [2.75, 3.05) is 0 Å². The van der Waals surface area contributed by atoms with Crippen LogP contribution in [0.1, 0.15) is 22.8 Å². The van der Waals surface area contributed by atoms with Crippen molar-refractivity contribution in [3.8, 4) is 11.5 Å². The van der Waals surface area contributed by atoms with E-state index in [-0.39, 0.29) is 5.75 Å². The summed E-state index contributed by atoms with van der Waals surface area (Å²) >= 11 is 0. The minimum atomic E-state index is -0.428. The second-order valence-electron chi connectivity index (χ2n) is 3.94. The summed E-state index contributed by atoms with van der Waals surface area (Å²) in [6.45, 7) is 2.06. The van der Waals surface area contributed by atoms with Crippen molar-refractivity contribution in [2.24, 2.45) is 0 Å². The number of ether oxygens (including phenoxy) is 1. The van der Waals surface area contributed by atoms with Gasteiger partial charge in [-0.2, -0.15) is 0 Å². The number of esters is 1. The smallest absolute Gasteiger partial charge is 0.343 e. The minimum Gasteiger partial charge on any atom is -0.508 e. The Hall–Kier alpha value is -2.29. The molecule has 92 valence electrons. The molecule has 1 N–H and O–H groups in total. The highest BCUT2D eigenvalue weighted by Crippen LogP contribution is 2.19. The molecule has 0 aliphatic heterocycles. The molecule has 0 aromatic heterocycles. The number of phenolic OH excluding ortho intramolecular Hbond substituents is 1. The molecule has 0 spiro atoms. The molecule has 0 fully saturated rings. The Morgan fingerprint density at radius 2 is 1.89 bits per heavy atom. The fourth-order valence-electron chi connectivity index (χ4n) is 1.59. The molecular weight excluding hydrogens is 228 g/mol. The van der Waals surface area contributed by atoms with Crippen molar-refractivity contribution in [2.45, 2.75) is 13.3 Å². The van der Waals surface area contributed by atoms with Crippen molar-refractivity contribution in [1.29, 1.82) is 0 Å². The molecule has 3 heteroatoms. The average Bonchev–Trinajstić information content (AvgIpc) is 2.39. The second kappa shape index (κ2) is 5.36. The van der Waals surface area contributed by atoms with Crippen LogP contribution >= 0.6 is 0 Å². The fourth-order valence-corrected chi connectivity index (χ4v) is 1.59. The summed E-state index contributed by atoms with van der Waals surface area (Å²) in [4.78, 5) is 11.8. The Labute approximate surface area is 106 Å². The highest BCUT2D eigenvalue weighted by Gasteiger charge is 2.08. The third kappa shape index (κ3) is 2.88. The van der Waals surface area contributed by atoms with E-state index in [2.05, 4.69) is 6.92 Å². The maximum absolute atomic E-state index is 11.8. The zero-order chi connectivity index (χ0) is 13.0. The summed E-state index contributed by atoms with van der Waals surface area (Å²) in [7, 11) is 0. The lowest BCUT2D eigenvalue weighted by atomic mass is 10.1. The lowest BCUT2D eigenvalue weighted by molar-refractivity contribution is 0.0734. The van der Waals surface area contributed by atoms with Gasteiger partial charge in [-0.1, -0.05) is 25.1 Å². The number of phenols is 1. The lowest BCUT2D eigenvalue weighted by Gasteiger charge is -2.05. The number of aryl methyl sites for hydroxylation is 1. The van der Waals surface area contributed by atoms with Crippen LogP contribution in [0, 0.1) is 0 Å². The molecule has 0 atom stereocenters. The van der Waals surface area contributed by atoms with Crippen LogP contribution in [0.15, 0.2) is 48.5 Å². The van der Waals surface area contributed by atoms with Gasteiger partial charge in [0.15, 0.2) is 0 Å². The van der Waals surface area contributed by atoms with Crippen LogP contribution in [-0.4, -0.2) is 11.1 Å². The molecule has 2 aromatic carbocycles. The summed E-state index contributed by atoms with van der Waals surface area (Å²) in [5.74, 6) is -0.0237. The predicted octanol–water partition coefficient (Wildman–Crippen LogP) is 3.17. The highest BCUT2D eigenvalue weighted by molar-refractivity contribution is 5.91. The lowest BCUT2D eigenvalue weighted by Crippen LogP contribution is -2.08. The molecule has 0 radical (unpaired) electrons. The van der Waals surface area contributed by atoms with E-state index in [0.29, 0.717) is 11.3 Å². The molecule has 2 aromatic rings. The fraction of sp³-hybridized carbons (Fsp3) is 0.133. The van der Waals surface area contributed by atoms with E-state index in [1.165, 1.54) is 17.7 Å². The number of aromatic hydroxyl groups is 1. The number of carbonyl (C=O) groups is 1. The molecule has 0 bridgehead atoms. The van der Waals surface area contributed by atoms with Crippen LogP contribution in [-0.2, 0) is 6.42 Å². The van der Waals surface area contributed by atoms with Gasteiger partial charge >= 0.3 is 5.97 Å². The van der Waals surface area contributed by atoms with Crippen molar-refractivity contribution in [3.05, 3.63) is 59.7 Å². The average molecular weight is 242 g/mol. The molecule has 18 heavy (non-hydrogen) atoms. The molecule has 0 amide bonds. The first-order valence-electron chi connectivity index (χ1n) is 5.79. The molecule has 0 unspecified atom stereocenters. The van der Waals surface area contributed by atoms with Crippen molar-refractivity contribution < 1.29 is 14.6 Å². The van der Waals surface area contributed by atoms with Gasteiger partial charge in [0.25, 0.3) is 0 Å². The Kier molecular flexibility index (Phi) is 3.63. The van der Waals surface area contributed by atoms with E-state index >= 15 is 0 Å². The zero-order valence-corrected chi connectivity index (χ0v) is 10.1. The molecule has 0 aliphatic rings. The SMILES string of the molecule is CCc1ccc(C(=O)Oc2cccc(O)c2)cc1. The van der Waals surface area contributed by atoms with Gasteiger partial charge in [0, 0.05) is 6.07 Å². The first-order valence-corrected chi connectivity index (χ1v) is 5.79. The molecule has 3 nitrogen and oxygen atoms in total. The molecule has 0 aliphatic carbocycles. The molecular formula is C15H14O3. The summed E-state index contributed by atoms with van der Waals surface area (Å²) in [6.07, 6.45) is 0.932. The van der Waals surface area contributed by atoms with Gasteiger partial charge < -0.3 is 9.84 Å². The van der Waals surface area contributed by atoms with E-state index in [0.717, 1.165) is 6.42 Å². The maximum atomic E-state index is 11.8. The molecule has 0 saturated carbocycles. The highest BCUT2D eigenvalue weighted by atomic mass is 16.5. The third-order valence-corrected chi connectivity index (χ3v) is 2.63. The van der Waals surface area contributed by atoms with Crippen LogP contribution in [0.5, 0.6) is 11.5 Å². The third-order valence-electron chi connectivity index (χ3n) is 2.63. The Morgan fingerprint density at radius 3 is 2.50 bits per heavy atom. The van der Waals surface area contributed by atoms with Gasteiger partial charge in [0.05, 0.1) is 5.56 Å². The zero-order valence-electron chi connectivity index (χ0n) is 10.1. The summed E-state index contributed by atoms with van der Waals surface area (Å²) in [5.41, 5.74) is 1.67. The summed E-state index contributed by atoms with van der Waals surface area (Å²) in [6, 6.07) is 13.5. The van der Waals surface area contributed by atoms with Gasteiger partial charge in [-0.15, -0.1) is 0 Å². The quantitative estimate of drug-likeness (QED) is 0.664. The van der Waals surface area contributed by atoms with Crippen molar-refractivity contribution in [3.63, 3.8) is 0 Å². The van der Waals surface area contributed by atoms with E-state index in [9.17, 15) is 9.90 Å². The van der Waals surface area contributed by atoms with Crippen molar-refractivity contribution in [1.82, 2.24) is 0 Å². The van der Waals surface area contributed by atoms with E-state index < -0.39 is 5.97 Å². The van der Waals surface area contributed by atoms with Crippen LogP contribution in [0.3, 0.4) is 0 Å². The summed E-state index contributed by atoms with van der Waals surface area (Å²) in [5, 5.41) is 9.27. The van der Waals surface area contributed by atoms with Gasteiger partial charge in [-0.3, -0.25) is 0 Å². The largest absolute Gasteiger partial charge is 0.508 e. The Bertz CT molecular complexity index is 544. The van der Waals surface area contributed by atoms with E-state index in [4.69, 9.17) is 4.74 Å². The van der Waals surface area contributed by atoms with Crippen LogP contribution in [0.4, 0.5) is 0 Å². The van der Waals surface area contributed by atoms with Crippen LogP contribution < -0.4 is 4.74 Å². The first kappa shape index (κ1) is 12.2. The van der Waals surface area contributed by atoms with Crippen LogP contribution in [0.25, 0.3) is 0 Å². The van der Waals surface area contributed by atoms with E-state index in [1.54, 1.807) is 24.3 Å². The molecule has 2 rings (SSSR count). The topological polar surface area (TPSA) is 46.5 Å². The number of rotatable bonds is 3. The number of benzene rings is 2. The monoisotopic (exact) mass is 242 g/mol. The summed E-state index contributed by atoms with van der Waals surface area (Å²) < 4.78 is 5.16. The Balaban J connectivity index is 2.11. The maximum Gasteiger partial charge on any atom is 0.343 e. The first-order chi connectivity index (χ1) is 8.69. The predicted molar refractivity (Wildman–Crippen MR) is 68.9 cm³/mol. The van der Waals surface area contributed by atoms with Crippen LogP contribution in [0.2, 0.25) is 0 Å². The number of hydrogen-bond donors (Lipinski definition) is 1. The second-order valence-corrected chi connectivity index (χ2v) is 3.94. The van der Waals surface area contributed by atoms with Gasteiger partial charge in [-0.05, 0) is 36.2 Å². The van der Waals surface area contributed by atoms with Gasteiger partial charge in [0.2, 0.25) is 0 Å². The number of carbonyl (C=O) groups excluding carboxylic acids is 1.